The van der Waals surface area contributed by atoms with Gasteiger partial charge in [-0.3, -0.25) is 4.98 Å². The number of hydrogen-bond donors (Lipinski definition) is 1. The molecule has 0 aliphatic rings. The molecule has 0 bridgehead atoms. The van der Waals surface area contributed by atoms with Crippen molar-refractivity contribution in [3.63, 3.8) is 0 Å². The van der Waals surface area contributed by atoms with Crippen LogP contribution < -0.4 is 5.32 Å². The summed E-state index contributed by atoms with van der Waals surface area (Å²) in [5.74, 6) is -0.196. The van der Waals surface area contributed by atoms with Crippen molar-refractivity contribution in [1.82, 2.24) is 10.3 Å². The van der Waals surface area contributed by atoms with Crippen molar-refractivity contribution >= 4 is 0 Å². The van der Waals surface area contributed by atoms with Gasteiger partial charge in [-0.1, -0.05) is 18.2 Å². The highest BCUT2D eigenvalue weighted by Gasteiger charge is 2.04. The van der Waals surface area contributed by atoms with Crippen molar-refractivity contribution < 1.29 is 4.39 Å². The van der Waals surface area contributed by atoms with E-state index in [9.17, 15) is 4.39 Å². The van der Waals surface area contributed by atoms with Gasteiger partial charge in [0.2, 0.25) is 0 Å². The van der Waals surface area contributed by atoms with Crippen LogP contribution >= 0.6 is 0 Å². The SMILES string of the molecule is C[C@@H](NCc1cccc(F)c1)c1cccnc1. The molecule has 0 amide bonds. The van der Waals surface area contributed by atoms with Gasteiger partial charge in [0.1, 0.15) is 5.82 Å². The van der Waals surface area contributed by atoms with E-state index in [4.69, 9.17) is 0 Å². The van der Waals surface area contributed by atoms with Crippen molar-refractivity contribution in [1.29, 1.82) is 0 Å². The normalized spacial score (nSPS) is 12.4. The van der Waals surface area contributed by atoms with Crippen molar-refractivity contribution in [3.8, 4) is 0 Å². The Morgan fingerprint density at radius 1 is 1.29 bits per heavy atom. The fourth-order valence-corrected chi connectivity index (χ4v) is 1.67. The first-order chi connectivity index (χ1) is 8.25. The molecule has 0 aliphatic carbocycles. The zero-order valence-corrected chi connectivity index (χ0v) is 9.73. The first-order valence-corrected chi connectivity index (χ1v) is 5.63. The van der Waals surface area contributed by atoms with Crippen LogP contribution in [0.2, 0.25) is 0 Å². The van der Waals surface area contributed by atoms with Gasteiger partial charge in [0.15, 0.2) is 0 Å². The van der Waals surface area contributed by atoms with Crippen LogP contribution in [0, 0.1) is 5.82 Å². The Labute approximate surface area is 101 Å². The van der Waals surface area contributed by atoms with Crippen LogP contribution in [0.1, 0.15) is 24.1 Å². The van der Waals surface area contributed by atoms with E-state index in [0.717, 1.165) is 11.1 Å². The maximum Gasteiger partial charge on any atom is 0.123 e. The van der Waals surface area contributed by atoms with Crippen molar-refractivity contribution in [3.05, 3.63) is 65.7 Å². The van der Waals surface area contributed by atoms with E-state index in [1.165, 1.54) is 6.07 Å². The third-order valence-electron chi connectivity index (χ3n) is 2.69. The lowest BCUT2D eigenvalue weighted by Crippen LogP contribution is -2.18. The molecule has 1 heterocycles. The largest absolute Gasteiger partial charge is 0.306 e. The summed E-state index contributed by atoms with van der Waals surface area (Å²) >= 11 is 0. The third-order valence-corrected chi connectivity index (χ3v) is 2.69. The summed E-state index contributed by atoms with van der Waals surface area (Å²) in [6.07, 6.45) is 3.59. The smallest absolute Gasteiger partial charge is 0.123 e. The van der Waals surface area contributed by atoms with Crippen molar-refractivity contribution in [2.45, 2.75) is 19.5 Å². The van der Waals surface area contributed by atoms with E-state index in [-0.39, 0.29) is 11.9 Å². The molecule has 1 aromatic carbocycles. The van der Waals surface area contributed by atoms with E-state index < -0.39 is 0 Å². The summed E-state index contributed by atoms with van der Waals surface area (Å²) in [4.78, 5) is 4.07. The van der Waals surface area contributed by atoms with Crippen molar-refractivity contribution in [2.24, 2.45) is 0 Å². The lowest BCUT2D eigenvalue weighted by atomic mass is 10.1. The number of nitrogens with zero attached hydrogens (tertiary/aromatic N) is 1. The van der Waals surface area contributed by atoms with E-state index >= 15 is 0 Å². The Balaban J connectivity index is 1.95. The number of rotatable bonds is 4. The monoisotopic (exact) mass is 230 g/mol. The fourth-order valence-electron chi connectivity index (χ4n) is 1.67. The summed E-state index contributed by atoms with van der Waals surface area (Å²) in [6, 6.07) is 10.8. The van der Waals surface area contributed by atoms with E-state index in [2.05, 4.69) is 17.2 Å². The van der Waals surface area contributed by atoms with Crippen molar-refractivity contribution in [2.75, 3.05) is 0 Å². The molecular weight excluding hydrogens is 215 g/mol. The molecule has 0 radical (unpaired) electrons. The zero-order valence-electron chi connectivity index (χ0n) is 9.73. The second kappa shape index (κ2) is 5.55. The molecule has 1 aromatic heterocycles. The predicted octanol–water partition coefficient (Wildman–Crippen LogP) is 3.07. The average molecular weight is 230 g/mol. The number of nitrogens with one attached hydrogen (secondary N) is 1. The summed E-state index contributed by atoms with van der Waals surface area (Å²) in [5, 5.41) is 3.34. The Hall–Kier alpha value is -1.74. The Bertz CT molecular complexity index is 471. The van der Waals surface area contributed by atoms with Crippen LogP contribution in [0.25, 0.3) is 0 Å². The summed E-state index contributed by atoms with van der Waals surface area (Å²) in [5.41, 5.74) is 2.07. The number of pyridine rings is 1. The molecule has 3 heteroatoms. The molecule has 1 N–H and O–H groups in total. The predicted molar refractivity (Wildman–Crippen MR) is 65.9 cm³/mol. The molecule has 0 saturated carbocycles. The minimum atomic E-state index is -0.196. The maximum atomic E-state index is 13.0. The maximum absolute atomic E-state index is 13.0. The molecule has 0 unspecified atom stereocenters. The number of halogens is 1. The Kier molecular flexibility index (Phi) is 3.83. The number of aromatic nitrogens is 1. The van der Waals surface area contributed by atoms with Gasteiger partial charge in [0.25, 0.3) is 0 Å². The van der Waals surface area contributed by atoms with Gasteiger partial charge in [-0.05, 0) is 36.2 Å². The second-order valence-corrected chi connectivity index (χ2v) is 4.02. The van der Waals surface area contributed by atoms with E-state index in [0.29, 0.717) is 6.54 Å². The highest BCUT2D eigenvalue weighted by atomic mass is 19.1. The fraction of sp³-hybridized carbons (Fsp3) is 0.214. The van der Waals surface area contributed by atoms with Crippen LogP contribution in [0.3, 0.4) is 0 Å². The third kappa shape index (κ3) is 3.36. The van der Waals surface area contributed by atoms with Gasteiger partial charge in [0.05, 0.1) is 0 Å². The molecule has 0 spiro atoms. The van der Waals surface area contributed by atoms with Gasteiger partial charge in [-0.15, -0.1) is 0 Å². The summed E-state index contributed by atoms with van der Waals surface area (Å²) in [6.45, 7) is 2.71. The highest BCUT2D eigenvalue weighted by Crippen LogP contribution is 2.11. The second-order valence-electron chi connectivity index (χ2n) is 4.02. The molecule has 88 valence electrons. The number of benzene rings is 1. The van der Waals surface area contributed by atoms with Crippen LogP contribution in [0.4, 0.5) is 4.39 Å². The lowest BCUT2D eigenvalue weighted by molar-refractivity contribution is 0.568. The van der Waals surface area contributed by atoms with E-state index in [1.807, 2.05) is 24.4 Å². The Morgan fingerprint density at radius 2 is 2.18 bits per heavy atom. The number of hydrogen-bond acceptors (Lipinski definition) is 2. The Morgan fingerprint density at radius 3 is 2.88 bits per heavy atom. The first-order valence-electron chi connectivity index (χ1n) is 5.63. The minimum Gasteiger partial charge on any atom is -0.306 e. The summed E-state index contributed by atoms with van der Waals surface area (Å²) in [7, 11) is 0. The van der Waals surface area contributed by atoms with E-state index in [1.54, 1.807) is 18.3 Å². The van der Waals surface area contributed by atoms with Crippen LogP contribution in [-0.4, -0.2) is 4.98 Å². The molecule has 2 aromatic rings. The van der Waals surface area contributed by atoms with Crippen LogP contribution in [-0.2, 0) is 6.54 Å². The first kappa shape index (κ1) is 11.7. The van der Waals surface area contributed by atoms with Crippen LogP contribution in [0.5, 0.6) is 0 Å². The van der Waals surface area contributed by atoms with Gasteiger partial charge >= 0.3 is 0 Å². The molecule has 0 aliphatic heterocycles. The quantitative estimate of drug-likeness (QED) is 0.873. The topological polar surface area (TPSA) is 24.9 Å². The highest BCUT2D eigenvalue weighted by molar-refractivity contribution is 5.17. The standard InChI is InChI=1S/C14H15FN2/c1-11(13-5-3-7-16-10-13)17-9-12-4-2-6-14(15)8-12/h2-8,10-11,17H,9H2,1H3/t11-/m1/s1. The molecule has 0 fully saturated rings. The van der Waals surface area contributed by atoms with Gasteiger partial charge in [-0.2, -0.15) is 0 Å². The molecule has 17 heavy (non-hydrogen) atoms. The lowest BCUT2D eigenvalue weighted by Gasteiger charge is -2.13. The van der Waals surface area contributed by atoms with Crippen LogP contribution in [0.15, 0.2) is 48.8 Å². The molecular formula is C14H15FN2. The molecule has 1 atom stereocenters. The molecule has 2 rings (SSSR count). The van der Waals surface area contributed by atoms with Gasteiger partial charge < -0.3 is 5.32 Å². The average Bonchev–Trinajstić information content (AvgIpc) is 2.37. The zero-order chi connectivity index (χ0) is 12.1. The van der Waals surface area contributed by atoms with Gasteiger partial charge in [0, 0.05) is 25.0 Å². The summed E-state index contributed by atoms with van der Waals surface area (Å²) < 4.78 is 13.0. The van der Waals surface area contributed by atoms with Gasteiger partial charge in [-0.25, -0.2) is 4.39 Å². The molecule has 0 saturated heterocycles. The molecule has 2 nitrogen and oxygen atoms in total. The minimum absolute atomic E-state index is 0.196.